The first-order valence-electron chi connectivity index (χ1n) is 27.8. The van der Waals surface area contributed by atoms with Crippen LogP contribution in [-0.4, -0.2) is 4.57 Å². The average molecular weight is 1020 g/mol. The van der Waals surface area contributed by atoms with Gasteiger partial charge in [-0.2, -0.15) is 0 Å². The maximum absolute atomic E-state index is 2.55. The molecule has 1 aromatic heterocycles. The van der Waals surface area contributed by atoms with E-state index >= 15 is 0 Å². The summed E-state index contributed by atoms with van der Waals surface area (Å²) in [6, 6.07) is 117. The maximum atomic E-state index is 2.55. The topological polar surface area (TPSA) is 8.17 Å². The fraction of sp³-hybridized carbons (Fsp3) is 0.0256. The molecule has 80 heavy (non-hydrogen) atoms. The predicted octanol–water partition coefficient (Wildman–Crippen LogP) is 19.8. The van der Waals surface area contributed by atoms with E-state index in [1.54, 1.807) is 0 Å². The Morgan fingerprint density at radius 1 is 0.263 bits per heavy atom. The molecule has 0 radical (unpaired) electrons. The van der Waals surface area contributed by atoms with Crippen molar-refractivity contribution in [1.29, 1.82) is 0 Å². The highest BCUT2D eigenvalue weighted by atomic mass is 15.1. The molecule has 0 fully saturated rings. The summed E-state index contributed by atoms with van der Waals surface area (Å²) in [4.78, 5) is 2.43. The molecule has 0 saturated heterocycles. The Kier molecular flexibility index (Phi) is 10.4. The summed E-state index contributed by atoms with van der Waals surface area (Å²) in [5, 5.41) is 4.94. The molecule has 1 aliphatic heterocycles. The van der Waals surface area contributed by atoms with E-state index in [1.165, 1.54) is 111 Å². The van der Waals surface area contributed by atoms with Crippen molar-refractivity contribution >= 4 is 49.6 Å². The van der Waals surface area contributed by atoms with Crippen molar-refractivity contribution in [2.45, 2.75) is 10.8 Å². The van der Waals surface area contributed by atoms with Gasteiger partial charge in [0.2, 0.25) is 0 Å². The van der Waals surface area contributed by atoms with Crippen molar-refractivity contribution in [3.8, 4) is 39.1 Å². The van der Waals surface area contributed by atoms with Crippen molar-refractivity contribution in [3.05, 3.63) is 360 Å². The standard InChI is InChI=1S/C78H52N2/c1-6-21-53(22-7-1)54-37-42-63(43-38-54)79(65-46-47-67-66-33-18-19-35-70(66)77(72(67)52-65,59-25-8-2-9-26-59)60-27-10-3-11-28-60)64-44-39-55(40-45-64)58-41-48-74-69(49-58)68-34-20-36-71-76(68)80(74)75-51-57-24-17-16-23-56(57)50-73(75)78(71,61-29-12-4-13-30-61)62-31-14-5-15-32-62/h1-52H. The molecule has 13 aromatic carbocycles. The first-order valence-corrected chi connectivity index (χ1v) is 27.8. The summed E-state index contributed by atoms with van der Waals surface area (Å²) in [6.07, 6.45) is 0. The van der Waals surface area contributed by atoms with Crippen LogP contribution >= 0.6 is 0 Å². The highest BCUT2D eigenvalue weighted by molar-refractivity contribution is 6.13. The lowest BCUT2D eigenvalue weighted by Crippen LogP contribution is -2.35. The van der Waals surface area contributed by atoms with Crippen molar-refractivity contribution in [1.82, 2.24) is 4.57 Å². The van der Waals surface area contributed by atoms with Crippen LogP contribution in [0.3, 0.4) is 0 Å². The molecule has 0 N–H and O–H groups in total. The molecule has 0 saturated carbocycles. The van der Waals surface area contributed by atoms with Crippen LogP contribution in [0, 0.1) is 0 Å². The second-order valence-electron chi connectivity index (χ2n) is 21.5. The highest BCUT2D eigenvalue weighted by Crippen LogP contribution is 2.58. The van der Waals surface area contributed by atoms with Gasteiger partial charge in [0.05, 0.1) is 27.6 Å². The smallest absolute Gasteiger partial charge is 0.0742 e. The van der Waals surface area contributed by atoms with Gasteiger partial charge >= 0.3 is 0 Å². The van der Waals surface area contributed by atoms with E-state index in [-0.39, 0.29) is 0 Å². The number of anilines is 3. The van der Waals surface area contributed by atoms with Crippen molar-refractivity contribution in [2.24, 2.45) is 0 Å². The zero-order valence-corrected chi connectivity index (χ0v) is 43.9. The summed E-state index contributed by atoms with van der Waals surface area (Å²) in [6.45, 7) is 0. The maximum Gasteiger partial charge on any atom is 0.0742 e. The van der Waals surface area contributed by atoms with Crippen LogP contribution in [0.25, 0.3) is 71.6 Å². The van der Waals surface area contributed by atoms with Gasteiger partial charge in [0.25, 0.3) is 0 Å². The van der Waals surface area contributed by atoms with Crippen LogP contribution in [-0.2, 0) is 10.8 Å². The molecular weight excluding hydrogens is 965 g/mol. The van der Waals surface area contributed by atoms with Crippen molar-refractivity contribution in [3.63, 3.8) is 0 Å². The zero-order chi connectivity index (χ0) is 52.8. The molecule has 1 aliphatic carbocycles. The van der Waals surface area contributed by atoms with Gasteiger partial charge in [-0.25, -0.2) is 0 Å². The first kappa shape index (κ1) is 45.9. The summed E-state index contributed by atoms with van der Waals surface area (Å²) in [5.74, 6) is 0. The number of rotatable bonds is 9. The van der Waals surface area contributed by atoms with Gasteiger partial charge in [-0.3, -0.25) is 0 Å². The minimum atomic E-state index is -0.564. The Morgan fingerprint density at radius 3 is 1.31 bits per heavy atom. The molecule has 16 rings (SSSR count). The molecule has 374 valence electrons. The van der Waals surface area contributed by atoms with E-state index in [1.807, 2.05) is 0 Å². The van der Waals surface area contributed by atoms with Crippen LogP contribution in [0.5, 0.6) is 0 Å². The second-order valence-corrected chi connectivity index (χ2v) is 21.5. The van der Waals surface area contributed by atoms with Crippen molar-refractivity contribution in [2.75, 3.05) is 4.90 Å². The number of benzene rings is 13. The predicted molar refractivity (Wildman–Crippen MR) is 333 cm³/mol. The molecule has 2 heterocycles. The van der Waals surface area contributed by atoms with Crippen molar-refractivity contribution < 1.29 is 0 Å². The van der Waals surface area contributed by atoms with Crippen LogP contribution in [0.4, 0.5) is 17.1 Å². The third-order valence-corrected chi connectivity index (χ3v) is 17.5. The average Bonchev–Trinajstić information content (AvgIpc) is 4.17. The molecule has 0 spiro atoms. The molecule has 0 atom stereocenters. The number of para-hydroxylation sites is 1. The monoisotopic (exact) mass is 1020 g/mol. The third kappa shape index (κ3) is 6.73. The highest BCUT2D eigenvalue weighted by Gasteiger charge is 2.47. The van der Waals surface area contributed by atoms with E-state index in [0.717, 1.165) is 22.6 Å². The van der Waals surface area contributed by atoms with Gasteiger partial charge in [0.1, 0.15) is 0 Å². The normalized spacial score (nSPS) is 13.4. The lowest BCUT2D eigenvalue weighted by atomic mass is 9.63. The van der Waals surface area contributed by atoms with Crippen LogP contribution in [0.2, 0.25) is 0 Å². The van der Waals surface area contributed by atoms with E-state index < -0.39 is 10.8 Å². The Balaban J connectivity index is 0.866. The lowest BCUT2D eigenvalue weighted by molar-refractivity contribution is 0.729. The largest absolute Gasteiger partial charge is 0.310 e. The summed E-state index contributed by atoms with van der Waals surface area (Å²) in [7, 11) is 0. The first-order chi connectivity index (χ1) is 39.7. The van der Waals surface area contributed by atoms with Gasteiger partial charge in [-0.1, -0.05) is 255 Å². The second kappa shape index (κ2) is 18.2. The molecule has 14 aromatic rings. The Morgan fingerprint density at radius 2 is 0.713 bits per heavy atom. The van der Waals surface area contributed by atoms with Gasteiger partial charge < -0.3 is 9.47 Å². The summed E-state index contributed by atoms with van der Waals surface area (Å²) >= 11 is 0. The minimum absolute atomic E-state index is 0.528. The SMILES string of the molecule is c1ccc(-c2ccc(N(c3ccc(-c4ccc5c(c4)c4cccc6c4n5-c4cc5ccccc5cc4C6(c4ccccc4)c4ccccc4)cc3)c3ccc4c(c3)C(c3ccccc3)(c3ccccc3)c3ccccc3-4)cc2)cc1. The van der Waals surface area contributed by atoms with E-state index in [4.69, 9.17) is 0 Å². The number of hydrogen-bond donors (Lipinski definition) is 0. The lowest BCUT2D eigenvalue weighted by Gasteiger charge is -2.42. The Bertz CT molecular complexity index is 4580. The van der Waals surface area contributed by atoms with E-state index in [0.29, 0.717) is 0 Å². The molecule has 0 unspecified atom stereocenters. The number of fused-ring (bicyclic) bond motifs is 9. The van der Waals surface area contributed by atoms with Gasteiger partial charge in [-0.15, -0.1) is 0 Å². The van der Waals surface area contributed by atoms with Gasteiger partial charge in [-0.05, 0) is 149 Å². The summed E-state index contributed by atoms with van der Waals surface area (Å²) < 4.78 is 2.55. The Hall–Kier alpha value is -10.3. The van der Waals surface area contributed by atoms with Gasteiger partial charge in [0.15, 0.2) is 0 Å². The zero-order valence-electron chi connectivity index (χ0n) is 43.9. The number of nitrogens with zero attached hydrogens (tertiary/aromatic N) is 2. The number of hydrogen-bond acceptors (Lipinski definition) is 1. The summed E-state index contributed by atoms with van der Waals surface area (Å²) in [5.41, 5.74) is 23.2. The van der Waals surface area contributed by atoms with Crippen LogP contribution < -0.4 is 4.90 Å². The van der Waals surface area contributed by atoms with Gasteiger partial charge in [0, 0.05) is 27.8 Å². The quantitative estimate of drug-likeness (QED) is 0.140. The Labute approximate surface area is 466 Å². The molecule has 2 nitrogen and oxygen atoms in total. The molecular formula is C78H52N2. The van der Waals surface area contributed by atoms with Crippen LogP contribution in [0.1, 0.15) is 44.5 Å². The van der Waals surface area contributed by atoms with Crippen LogP contribution in [0.15, 0.2) is 315 Å². The molecule has 2 aliphatic rings. The fourth-order valence-electron chi connectivity index (χ4n) is 14.1. The van der Waals surface area contributed by atoms with E-state index in [9.17, 15) is 0 Å². The van der Waals surface area contributed by atoms with E-state index in [2.05, 4.69) is 325 Å². The third-order valence-electron chi connectivity index (χ3n) is 17.5. The fourth-order valence-corrected chi connectivity index (χ4v) is 14.1. The molecule has 0 bridgehead atoms. The molecule has 0 amide bonds. The minimum Gasteiger partial charge on any atom is -0.310 e. The molecule has 2 heteroatoms. The number of aromatic nitrogens is 1.